The first-order valence-electron chi connectivity index (χ1n) is 11.8. The van der Waals surface area contributed by atoms with Gasteiger partial charge >= 0.3 is 6.18 Å². The molecule has 2 aromatic carbocycles. The number of nitrogens with zero attached hydrogens (tertiary/aromatic N) is 4. The summed E-state index contributed by atoms with van der Waals surface area (Å²) in [6.07, 6.45) is -1.47. The van der Waals surface area contributed by atoms with E-state index in [1.165, 1.54) is 29.0 Å². The quantitative estimate of drug-likeness (QED) is 0.335. The van der Waals surface area contributed by atoms with E-state index < -0.39 is 17.6 Å². The van der Waals surface area contributed by atoms with Crippen molar-refractivity contribution in [2.24, 2.45) is 0 Å². The summed E-state index contributed by atoms with van der Waals surface area (Å²) in [5.41, 5.74) is 1.28. The highest BCUT2D eigenvalue weighted by Gasteiger charge is 2.31. The normalized spacial score (nSPS) is 13.3. The first kappa shape index (κ1) is 25.6. The van der Waals surface area contributed by atoms with Gasteiger partial charge in [-0.2, -0.15) is 13.2 Å². The van der Waals surface area contributed by atoms with Gasteiger partial charge in [0, 0.05) is 12.2 Å². The Balaban J connectivity index is 1.40. The van der Waals surface area contributed by atoms with Crippen LogP contribution in [0.25, 0.3) is 5.69 Å². The Hall–Kier alpha value is -4.06. The van der Waals surface area contributed by atoms with E-state index >= 15 is 0 Å². The molecule has 0 unspecified atom stereocenters. The Morgan fingerprint density at radius 1 is 1.05 bits per heavy atom. The number of nitrogens with one attached hydrogen (secondary N) is 1. The molecule has 5 rings (SSSR count). The molecule has 2 amide bonds. The van der Waals surface area contributed by atoms with Crippen LogP contribution in [-0.2, 0) is 23.9 Å². The van der Waals surface area contributed by atoms with Crippen LogP contribution in [0.5, 0.6) is 0 Å². The molecule has 4 aromatic rings. The maximum Gasteiger partial charge on any atom is 0.416 e. The minimum atomic E-state index is -4.55. The fourth-order valence-electron chi connectivity index (χ4n) is 4.24. The molecule has 196 valence electrons. The summed E-state index contributed by atoms with van der Waals surface area (Å²) in [5, 5.41) is 11.1. The molecule has 2 aromatic heterocycles. The van der Waals surface area contributed by atoms with Gasteiger partial charge in [0.2, 0.25) is 5.91 Å². The van der Waals surface area contributed by atoms with Crippen molar-refractivity contribution in [3.63, 3.8) is 0 Å². The number of carbonyl (C=O) groups is 2. The summed E-state index contributed by atoms with van der Waals surface area (Å²) in [4.78, 5) is 27.2. The SMILES string of the molecule is O=C(NCc1nnc(SCC(=O)N2CCCc3ccccc32)n1-c1cccc(C(F)(F)F)c1)c1ccco1. The second-order valence-corrected chi connectivity index (χ2v) is 9.45. The first-order chi connectivity index (χ1) is 18.3. The largest absolute Gasteiger partial charge is 0.459 e. The lowest BCUT2D eigenvalue weighted by molar-refractivity contribution is -0.137. The zero-order valence-electron chi connectivity index (χ0n) is 19.9. The van der Waals surface area contributed by atoms with Crippen LogP contribution in [-0.4, -0.2) is 38.9 Å². The fraction of sp³-hybridized carbons (Fsp3) is 0.231. The summed E-state index contributed by atoms with van der Waals surface area (Å²) >= 11 is 1.07. The number of rotatable bonds is 7. The third-order valence-electron chi connectivity index (χ3n) is 6.02. The van der Waals surface area contributed by atoms with Gasteiger partial charge < -0.3 is 14.6 Å². The van der Waals surface area contributed by atoms with Crippen LogP contribution < -0.4 is 10.2 Å². The van der Waals surface area contributed by atoms with E-state index in [4.69, 9.17) is 4.42 Å². The lowest BCUT2D eigenvalue weighted by Crippen LogP contribution is -2.36. The summed E-state index contributed by atoms with van der Waals surface area (Å²) < 4.78 is 46.8. The number of anilines is 1. The summed E-state index contributed by atoms with van der Waals surface area (Å²) in [6.45, 7) is 0.456. The van der Waals surface area contributed by atoms with Gasteiger partial charge in [0.1, 0.15) is 0 Å². The number of furan rings is 1. The van der Waals surface area contributed by atoms with Gasteiger partial charge in [-0.3, -0.25) is 14.2 Å². The maximum atomic E-state index is 13.4. The van der Waals surface area contributed by atoms with Crippen LogP contribution in [0.1, 0.15) is 33.9 Å². The maximum absolute atomic E-state index is 13.4. The number of para-hydroxylation sites is 1. The predicted molar refractivity (Wildman–Crippen MR) is 134 cm³/mol. The zero-order valence-corrected chi connectivity index (χ0v) is 20.8. The lowest BCUT2D eigenvalue weighted by Gasteiger charge is -2.29. The van der Waals surface area contributed by atoms with E-state index in [0.717, 1.165) is 48.0 Å². The Morgan fingerprint density at radius 2 is 1.89 bits per heavy atom. The molecule has 1 N–H and O–H groups in total. The van der Waals surface area contributed by atoms with E-state index in [1.807, 2.05) is 24.3 Å². The molecular formula is C26H22F3N5O3S. The topological polar surface area (TPSA) is 93.3 Å². The molecule has 1 aliphatic heterocycles. The summed E-state index contributed by atoms with van der Waals surface area (Å²) in [7, 11) is 0. The number of hydrogen-bond acceptors (Lipinski definition) is 6. The van der Waals surface area contributed by atoms with Gasteiger partial charge in [-0.25, -0.2) is 0 Å². The second kappa shape index (κ2) is 10.7. The molecule has 0 bridgehead atoms. The second-order valence-electron chi connectivity index (χ2n) is 8.51. The van der Waals surface area contributed by atoms with Crippen molar-refractivity contribution in [2.75, 3.05) is 17.2 Å². The highest BCUT2D eigenvalue weighted by Crippen LogP contribution is 2.32. The highest BCUT2D eigenvalue weighted by molar-refractivity contribution is 7.99. The van der Waals surface area contributed by atoms with Crippen LogP contribution in [0.15, 0.2) is 76.5 Å². The number of aromatic nitrogens is 3. The number of halogens is 3. The molecule has 0 saturated carbocycles. The number of aryl methyl sites for hydroxylation is 1. The number of fused-ring (bicyclic) bond motifs is 1. The van der Waals surface area contributed by atoms with Crippen molar-refractivity contribution < 1.29 is 27.2 Å². The van der Waals surface area contributed by atoms with Gasteiger partial charge in [0.05, 0.1) is 29.8 Å². The molecule has 3 heterocycles. The molecule has 0 aliphatic carbocycles. The molecule has 12 heteroatoms. The average molecular weight is 542 g/mol. The third-order valence-corrected chi connectivity index (χ3v) is 6.93. The molecule has 0 fully saturated rings. The number of benzene rings is 2. The van der Waals surface area contributed by atoms with Crippen LogP contribution in [0.4, 0.5) is 18.9 Å². The van der Waals surface area contributed by atoms with Crippen LogP contribution >= 0.6 is 11.8 Å². The van der Waals surface area contributed by atoms with Gasteiger partial charge in [-0.1, -0.05) is 36.0 Å². The van der Waals surface area contributed by atoms with Gasteiger partial charge in [0.25, 0.3) is 5.91 Å². The minimum Gasteiger partial charge on any atom is -0.459 e. The minimum absolute atomic E-state index is 0.00415. The predicted octanol–water partition coefficient (Wildman–Crippen LogP) is 4.88. The summed E-state index contributed by atoms with van der Waals surface area (Å²) in [5.74, 6) is -0.376. The van der Waals surface area contributed by atoms with Crippen LogP contribution in [0.2, 0.25) is 0 Å². The molecule has 1 aliphatic rings. The molecule has 0 radical (unpaired) electrons. The molecule has 38 heavy (non-hydrogen) atoms. The first-order valence-corrected chi connectivity index (χ1v) is 12.7. The van der Waals surface area contributed by atoms with E-state index in [2.05, 4.69) is 15.5 Å². The molecule has 0 atom stereocenters. The monoisotopic (exact) mass is 541 g/mol. The van der Waals surface area contributed by atoms with Crippen molar-refractivity contribution in [2.45, 2.75) is 30.7 Å². The number of thioether (sulfide) groups is 1. The fourth-order valence-corrected chi connectivity index (χ4v) is 5.09. The molecular weight excluding hydrogens is 519 g/mol. The Bertz CT molecular complexity index is 1450. The number of carbonyl (C=O) groups excluding carboxylic acids is 2. The highest BCUT2D eigenvalue weighted by atomic mass is 32.2. The van der Waals surface area contributed by atoms with Crippen molar-refractivity contribution in [3.05, 3.63) is 89.6 Å². The van der Waals surface area contributed by atoms with Crippen molar-refractivity contribution in [3.8, 4) is 5.69 Å². The van der Waals surface area contributed by atoms with E-state index in [9.17, 15) is 22.8 Å². The average Bonchev–Trinajstić information content (AvgIpc) is 3.60. The molecule has 0 spiro atoms. The zero-order chi connectivity index (χ0) is 26.7. The Labute approximate surface area is 219 Å². The standard InChI is InChI=1S/C26H22F3N5O3S/c27-26(28,29)18-8-3-9-19(14-18)34-22(15-30-24(36)21-11-5-13-37-21)31-32-25(34)38-16-23(35)33-12-4-7-17-6-1-2-10-20(17)33/h1-3,5-6,8-11,13-14H,4,7,12,15-16H2,(H,30,36). The van der Waals surface area contributed by atoms with Gasteiger partial charge in [0.15, 0.2) is 16.7 Å². The van der Waals surface area contributed by atoms with Crippen molar-refractivity contribution in [1.29, 1.82) is 0 Å². The Morgan fingerprint density at radius 3 is 2.68 bits per heavy atom. The van der Waals surface area contributed by atoms with E-state index in [1.54, 1.807) is 11.0 Å². The smallest absolute Gasteiger partial charge is 0.416 e. The molecule has 8 nitrogen and oxygen atoms in total. The van der Waals surface area contributed by atoms with Gasteiger partial charge in [-0.05, 0) is 54.8 Å². The number of alkyl halides is 3. The number of amides is 2. The van der Waals surface area contributed by atoms with E-state index in [-0.39, 0.29) is 40.6 Å². The van der Waals surface area contributed by atoms with Crippen LogP contribution in [0.3, 0.4) is 0 Å². The molecule has 0 saturated heterocycles. The Kier molecular flexibility index (Phi) is 7.23. The summed E-state index contributed by atoms with van der Waals surface area (Å²) in [6, 6.07) is 15.5. The van der Waals surface area contributed by atoms with Crippen molar-refractivity contribution >= 4 is 29.3 Å². The van der Waals surface area contributed by atoms with Gasteiger partial charge in [-0.15, -0.1) is 10.2 Å². The number of hydrogen-bond donors (Lipinski definition) is 1. The van der Waals surface area contributed by atoms with Crippen LogP contribution in [0, 0.1) is 0 Å². The lowest BCUT2D eigenvalue weighted by atomic mass is 10.0. The third kappa shape index (κ3) is 5.44. The van der Waals surface area contributed by atoms with Crippen molar-refractivity contribution in [1.82, 2.24) is 20.1 Å². The van der Waals surface area contributed by atoms with E-state index in [0.29, 0.717) is 6.54 Å².